The van der Waals surface area contributed by atoms with Crippen LogP contribution in [-0.4, -0.2) is 91.5 Å². The number of halogens is 2. The zero-order chi connectivity index (χ0) is 36.9. The van der Waals surface area contributed by atoms with Crippen LogP contribution in [0.5, 0.6) is 34.5 Å². The Labute approximate surface area is 304 Å². The van der Waals surface area contributed by atoms with E-state index < -0.39 is 23.1 Å². The zero-order valence-corrected chi connectivity index (χ0v) is 29.4. The molecule has 2 aliphatic rings. The third-order valence-corrected chi connectivity index (χ3v) is 9.01. The van der Waals surface area contributed by atoms with Crippen molar-refractivity contribution in [3.8, 4) is 40.2 Å². The van der Waals surface area contributed by atoms with Crippen molar-refractivity contribution in [2.24, 2.45) is 0 Å². The fraction of sp³-hybridized carbons (Fsp3) is 0.308. The Bertz CT molecular complexity index is 2170. The minimum absolute atomic E-state index is 0.0482. The summed E-state index contributed by atoms with van der Waals surface area (Å²) in [7, 11) is 2.13. The van der Waals surface area contributed by atoms with Crippen molar-refractivity contribution in [2.75, 3.05) is 71.5 Å². The molecule has 3 aromatic carbocycles. The Hall–Kier alpha value is -5.73. The van der Waals surface area contributed by atoms with Crippen molar-refractivity contribution in [3.63, 3.8) is 0 Å². The molecule has 0 bridgehead atoms. The van der Waals surface area contributed by atoms with Crippen molar-refractivity contribution in [1.29, 1.82) is 0 Å². The Morgan fingerprint density at radius 2 is 1.66 bits per heavy atom. The van der Waals surface area contributed by atoms with Gasteiger partial charge in [-0.15, -0.1) is 0 Å². The summed E-state index contributed by atoms with van der Waals surface area (Å²) in [4.78, 5) is 36.2. The average molecular weight is 728 g/mol. The molecule has 0 radical (unpaired) electrons. The Morgan fingerprint density at radius 3 is 2.42 bits per heavy atom. The Morgan fingerprint density at radius 1 is 0.887 bits per heavy atom. The number of ether oxygens (including phenoxy) is 5. The summed E-state index contributed by atoms with van der Waals surface area (Å²) in [5, 5.41) is 3.08. The lowest BCUT2D eigenvalue weighted by Gasteiger charge is -2.32. The number of pyridine rings is 2. The summed E-state index contributed by atoms with van der Waals surface area (Å²) in [6.07, 6.45) is 3.83. The van der Waals surface area contributed by atoms with Gasteiger partial charge < -0.3 is 38.8 Å². The normalized spacial score (nSPS) is 14.6. The van der Waals surface area contributed by atoms with Crippen LogP contribution in [0, 0.1) is 11.6 Å². The summed E-state index contributed by atoms with van der Waals surface area (Å²) >= 11 is 0. The number of fused-ring (bicyclic) bond motifs is 3. The SMILES string of the molecule is CCOc1ccn(-c2ccc(F)cc2)c(=O)c1C(=O)Nc1ccc(Oc2ccnc3cc(OCCCN4CCN(C)CC4)c4c(c23)OCCO4)c(F)c1. The van der Waals surface area contributed by atoms with Gasteiger partial charge in [0.05, 0.1) is 24.1 Å². The maximum absolute atomic E-state index is 15.6. The van der Waals surface area contributed by atoms with Crippen LogP contribution in [-0.2, 0) is 0 Å². The molecule has 0 atom stereocenters. The molecular weight excluding hydrogens is 688 g/mol. The molecule has 7 rings (SSSR count). The molecule has 276 valence electrons. The molecule has 5 aromatic rings. The lowest BCUT2D eigenvalue weighted by Crippen LogP contribution is -2.44. The molecule has 2 aliphatic heterocycles. The molecule has 53 heavy (non-hydrogen) atoms. The maximum Gasteiger partial charge on any atom is 0.271 e. The highest BCUT2D eigenvalue weighted by atomic mass is 19.1. The summed E-state index contributed by atoms with van der Waals surface area (Å²) in [5.74, 6) is -0.519. The van der Waals surface area contributed by atoms with Gasteiger partial charge in [0.1, 0.15) is 36.1 Å². The van der Waals surface area contributed by atoms with Crippen LogP contribution in [0.2, 0.25) is 0 Å². The molecule has 1 fully saturated rings. The number of hydrogen-bond acceptors (Lipinski definition) is 10. The van der Waals surface area contributed by atoms with Gasteiger partial charge in [0.25, 0.3) is 11.5 Å². The third kappa shape index (κ3) is 7.88. The second kappa shape index (κ2) is 15.9. The van der Waals surface area contributed by atoms with E-state index in [9.17, 15) is 14.0 Å². The molecule has 0 aliphatic carbocycles. The van der Waals surface area contributed by atoms with Crippen LogP contribution in [0.3, 0.4) is 0 Å². The molecular formula is C39H39F2N5O7. The number of aromatic nitrogens is 2. The number of piperazine rings is 1. The predicted octanol–water partition coefficient (Wildman–Crippen LogP) is 5.89. The lowest BCUT2D eigenvalue weighted by molar-refractivity contribution is 0.102. The molecule has 0 spiro atoms. The summed E-state index contributed by atoms with van der Waals surface area (Å²) in [6.45, 7) is 8.14. The van der Waals surface area contributed by atoms with Gasteiger partial charge in [-0.1, -0.05) is 0 Å². The number of anilines is 1. The largest absolute Gasteiger partial charge is 0.493 e. The minimum atomic E-state index is -0.816. The van der Waals surface area contributed by atoms with Crippen molar-refractivity contribution >= 4 is 22.5 Å². The summed E-state index contributed by atoms with van der Waals surface area (Å²) in [6, 6.07) is 14.0. The van der Waals surface area contributed by atoms with Gasteiger partial charge in [0.2, 0.25) is 5.75 Å². The summed E-state index contributed by atoms with van der Waals surface area (Å²) < 4.78 is 60.2. The molecule has 0 unspecified atom stereocenters. The highest BCUT2D eigenvalue weighted by Crippen LogP contribution is 2.48. The summed E-state index contributed by atoms with van der Waals surface area (Å²) in [5.41, 5.74) is -0.0541. The molecule has 2 aromatic heterocycles. The Kier molecular flexibility index (Phi) is 10.7. The number of carbonyl (C=O) groups excluding carboxylic acids is 1. The molecule has 14 heteroatoms. The number of nitrogens with one attached hydrogen (secondary N) is 1. The first kappa shape index (κ1) is 35.7. The van der Waals surface area contributed by atoms with Crippen molar-refractivity contribution in [1.82, 2.24) is 19.4 Å². The number of rotatable bonds is 12. The van der Waals surface area contributed by atoms with E-state index in [1.54, 1.807) is 25.3 Å². The van der Waals surface area contributed by atoms with Gasteiger partial charge in [0.15, 0.2) is 23.1 Å². The fourth-order valence-electron chi connectivity index (χ4n) is 6.29. The molecule has 12 nitrogen and oxygen atoms in total. The molecule has 0 saturated carbocycles. The molecule has 1 amide bonds. The van der Waals surface area contributed by atoms with E-state index in [-0.39, 0.29) is 35.1 Å². The van der Waals surface area contributed by atoms with Crippen LogP contribution in [0.15, 0.2) is 77.9 Å². The smallest absolute Gasteiger partial charge is 0.271 e. The van der Waals surface area contributed by atoms with Crippen molar-refractivity contribution in [2.45, 2.75) is 13.3 Å². The number of likely N-dealkylation sites (N-methyl/N-ethyl adjacent to an activating group) is 1. The van der Waals surface area contributed by atoms with E-state index in [0.29, 0.717) is 53.7 Å². The second-order valence-corrected chi connectivity index (χ2v) is 12.6. The number of nitrogens with zero attached hydrogens (tertiary/aromatic N) is 4. The van der Waals surface area contributed by atoms with Crippen LogP contribution in [0.4, 0.5) is 14.5 Å². The topological polar surface area (TPSA) is 117 Å². The zero-order valence-electron chi connectivity index (χ0n) is 29.4. The van der Waals surface area contributed by atoms with E-state index in [2.05, 4.69) is 27.1 Å². The quantitative estimate of drug-likeness (QED) is 0.156. The van der Waals surface area contributed by atoms with Gasteiger partial charge in [-0.25, -0.2) is 8.78 Å². The third-order valence-electron chi connectivity index (χ3n) is 9.01. The maximum atomic E-state index is 15.6. The Balaban J connectivity index is 1.09. The fourth-order valence-corrected chi connectivity index (χ4v) is 6.29. The van der Waals surface area contributed by atoms with Crippen LogP contribution in [0.25, 0.3) is 16.6 Å². The highest BCUT2D eigenvalue weighted by molar-refractivity contribution is 6.06. The van der Waals surface area contributed by atoms with E-state index >= 15 is 4.39 Å². The minimum Gasteiger partial charge on any atom is -0.493 e. The van der Waals surface area contributed by atoms with Gasteiger partial charge >= 0.3 is 0 Å². The first-order valence-electron chi connectivity index (χ1n) is 17.5. The van der Waals surface area contributed by atoms with Gasteiger partial charge in [-0.05, 0) is 68.9 Å². The monoisotopic (exact) mass is 727 g/mol. The average Bonchev–Trinajstić information content (AvgIpc) is 3.16. The molecule has 4 heterocycles. The van der Waals surface area contributed by atoms with E-state index in [1.807, 2.05) is 0 Å². The van der Waals surface area contributed by atoms with Crippen LogP contribution >= 0.6 is 0 Å². The number of amides is 1. The van der Waals surface area contributed by atoms with Crippen molar-refractivity contribution < 1.29 is 37.3 Å². The van der Waals surface area contributed by atoms with E-state index in [1.165, 1.54) is 53.2 Å². The second-order valence-electron chi connectivity index (χ2n) is 12.6. The first-order chi connectivity index (χ1) is 25.8. The van der Waals surface area contributed by atoms with E-state index in [0.717, 1.165) is 45.2 Å². The molecule has 1 saturated heterocycles. The van der Waals surface area contributed by atoms with E-state index in [4.69, 9.17) is 23.7 Å². The van der Waals surface area contributed by atoms with Crippen LogP contribution in [0.1, 0.15) is 23.7 Å². The molecule has 1 N–H and O–H groups in total. The lowest BCUT2D eigenvalue weighted by atomic mass is 10.1. The van der Waals surface area contributed by atoms with Crippen molar-refractivity contribution in [3.05, 3.63) is 101 Å². The number of carbonyl (C=O) groups is 1. The standard InChI is InChI=1S/C39H39F2N5O7/c1-3-49-31-12-15-46(27-8-5-25(40)6-9-27)39(48)35(31)38(47)43-26-7-10-30(28(41)23-26)53-32-11-13-42-29-24-33(36-37(34(29)32)52-22-21-51-36)50-20-4-14-45-18-16-44(2)17-19-45/h5-13,15,23-24H,3-4,14,16-22H2,1-2H3,(H,43,47). The van der Waals surface area contributed by atoms with Gasteiger partial charge in [-0.3, -0.25) is 19.1 Å². The van der Waals surface area contributed by atoms with Crippen LogP contribution < -0.4 is 34.6 Å². The number of hydrogen-bond donors (Lipinski definition) is 1. The van der Waals surface area contributed by atoms with Gasteiger partial charge in [0, 0.05) is 68.6 Å². The van der Waals surface area contributed by atoms with Gasteiger partial charge in [-0.2, -0.15) is 0 Å². The predicted molar refractivity (Wildman–Crippen MR) is 194 cm³/mol. The highest BCUT2D eigenvalue weighted by Gasteiger charge is 2.26. The first-order valence-corrected chi connectivity index (χ1v) is 17.5. The number of benzene rings is 3.